The van der Waals surface area contributed by atoms with Crippen LogP contribution in [0.25, 0.3) is 65.7 Å². The van der Waals surface area contributed by atoms with Crippen molar-refractivity contribution in [2.45, 2.75) is 19.3 Å². The van der Waals surface area contributed by atoms with Gasteiger partial charge >= 0.3 is 0 Å². The third-order valence-corrected chi connectivity index (χ3v) is 11.2. The van der Waals surface area contributed by atoms with E-state index < -0.39 is 0 Å². The molecule has 0 aliphatic heterocycles. The molecule has 0 unspecified atom stereocenters. The van der Waals surface area contributed by atoms with Gasteiger partial charge in [0.15, 0.2) is 0 Å². The summed E-state index contributed by atoms with van der Waals surface area (Å²) in [6.45, 7) is 4.77. The summed E-state index contributed by atoms with van der Waals surface area (Å²) in [5, 5.41) is 7.61. The molecule has 0 atom stereocenters. The maximum absolute atomic E-state index is 2.47. The van der Waals surface area contributed by atoms with E-state index in [1.165, 1.54) is 82.5 Å². The van der Waals surface area contributed by atoms with Gasteiger partial charge in [0.1, 0.15) is 0 Å². The largest absolute Gasteiger partial charge is 0.310 e. The smallest absolute Gasteiger partial charge is 0.0549 e. The average molecular weight is 664 g/mol. The number of benzene rings is 9. The molecule has 9 aromatic rings. The van der Waals surface area contributed by atoms with Crippen LogP contribution in [0.15, 0.2) is 188 Å². The predicted molar refractivity (Wildman–Crippen MR) is 222 cm³/mol. The molecule has 0 fully saturated rings. The first-order chi connectivity index (χ1) is 25.5. The van der Waals surface area contributed by atoms with E-state index in [4.69, 9.17) is 0 Å². The quantitative estimate of drug-likeness (QED) is 0.177. The maximum atomic E-state index is 2.47. The van der Waals surface area contributed by atoms with Gasteiger partial charge in [0.2, 0.25) is 0 Å². The van der Waals surface area contributed by atoms with Crippen molar-refractivity contribution in [3.05, 3.63) is 199 Å². The molecule has 52 heavy (non-hydrogen) atoms. The van der Waals surface area contributed by atoms with Crippen LogP contribution in [-0.4, -0.2) is 0 Å². The molecule has 0 saturated carbocycles. The molecule has 0 bridgehead atoms. The van der Waals surface area contributed by atoms with Crippen LogP contribution in [0.5, 0.6) is 0 Å². The first-order valence-electron chi connectivity index (χ1n) is 18.2. The third kappa shape index (κ3) is 4.77. The third-order valence-electron chi connectivity index (χ3n) is 11.2. The molecule has 0 saturated heterocycles. The molecular weight excluding hydrogens is 627 g/mol. The van der Waals surface area contributed by atoms with Gasteiger partial charge in [-0.25, -0.2) is 0 Å². The molecular formula is C51H37N. The van der Waals surface area contributed by atoms with E-state index in [2.05, 4.69) is 207 Å². The number of fused-ring (bicyclic) bond motifs is 7. The minimum Gasteiger partial charge on any atom is -0.310 e. The first kappa shape index (κ1) is 30.4. The van der Waals surface area contributed by atoms with Crippen LogP contribution in [0.1, 0.15) is 25.0 Å². The lowest BCUT2D eigenvalue weighted by atomic mass is 9.80. The second-order valence-electron chi connectivity index (χ2n) is 14.6. The van der Waals surface area contributed by atoms with Crippen molar-refractivity contribution in [2.24, 2.45) is 0 Å². The summed E-state index contributed by atoms with van der Waals surface area (Å²) in [5.74, 6) is 0. The first-order valence-corrected chi connectivity index (χ1v) is 18.2. The van der Waals surface area contributed by atoms with E-state index in [1.807, 2.05) is 0 Å². The van der Waals surface area contributed by atoms with Crippen LogP contribution in [0.4, 0.5) is 17.1 Å². The summed E-state index contributed by atoms with van der Waals surface area (Å²) in [6.07, 6.45) is 0. The fraction of sp³-hybridized carbons (Fsp3) is 0.0588. The lowest BCUT2D eigenvalue weighted by Crippen LogP contribution is -2.16. The van der Waals surface area contributed by atoms with Crippen LogP contribution in [0.3, 0.4) is 0 Å². The van der Waals surface area contributed by atoms with Gasteiger partial charge in [-0.1, -0.05) is 166 Å². The number of anilines is 3. The normalized spacial score (nSPS) is 13.0. The Bertz CT molecular complexity index is 2800. The molecule has 1 aliphatic rings. The highest BCUT2D eigenvalue weighted by atomic mass is 15.1. The summed E-state index contributed by atoms with van der Waals surface area (Å²) < 4.78 is 0. The van der Waals surface area contributed by atoms with Gasteiger partial charge in [-0.2, -0.15) is 0 Å². The monoisotopic (exact) mass is 663 g/mol. The van der Waals surface area contributed by atoms with Crippen LogP contribution in [0, 0.1) is 0 Å². The molecule has 0 radical (unpaired) electrons. The molecule has 10 rings (SSSR count). The van der Waals surface area contributed by atoms with E-state index in [0.717, 1.165) is 11.4 Å². The minimum atomic E-state index is -0.147. The van der Waals surface area contributed by atoms with E-state index in [0.29, 0.717) is 0 Å². The van der Waals surface area contributed by atoms with Crippen LogP contribution in [0.2, 0.25) is 0 Å². The van der Waals surface area contributed by atoms with Gasteiger partial charge in [0, 0.05) is 22.4 Å². The lowest BCUT2D eigenvalue weighted by Gasteiger charge is -2.30. The van der Waals surface area contributed by atoms with Crippen molar-refractivity contribution < 1.29 is 0 Å². The summed E-state index contributed by atoms with van der Waals surface area (Å²) in [5.41, 5.74) is 13.6. The summed E-state index contributed by atoms with van der Waals surface area (Å²) in [6, 6.07) is 69.1. The molecule has 0 spiro atoms. The van der Waals surface area contributed by atoms with Crippen molar-refractivity contribution in [3.8, 4) is 33.4 Å². The van der Waals surface area contributed by atoms with Gasteiger partial charge < -0.3 is 4.90 Å². The Morgan fingerprint density at radius 2 is 0.942 bits per heavy atom. The lowest BCUT2D eigenvalue weighted by molar-refractivity contribution is 0.666. The fourth-order valence-electron chi connectivity index (χ4n) is 8.68. The molecule has 0 heterocycles. The van der Waals surface area contributed by atoms with Crippen LogP contribution >= 0.6 is 0 Å². The van der Waals surface area contributed by atoms with Gasteiger partial charge in [0.25, 0.3) is 0 Å². The molecule has 9 aromatic carbocycles. The molecule has 1 nitrogen and oxygen atoms in total. The fourth-order valence-corrected chi connectivity index (χ4v) is 8.68. The zero-order valence-electron chi connectivity index (χ0n) is 29.3. The Hall–Kier alpha value is -6.44. The summed E-state index contributed by atoms with van der Waals surface area (Å²) >= 11 is 0. The van der Waals surface area contributed by atoms with Gasteiger partial charge in [-0.3, -0.25) is 0 Å². The topological polar surface area (TPSA) is 3.24 Å². The number of rotatable bonds is 5. The molecule has 0 amide bonds. The molecule has 0 N–H and O–H groups in total. The van der Waals surface area contributed by atoms with Crippen LogP contribution < -0.4 is 4.90 Å². The van der Waals surface area contributed by atoms with E-state index in [9.17, 15) is 0 Å². The Morgan fingerprint density at radius 1 is 0.385 bits per heavy atom. The zero-order valence-corrected chi connectivity index (χ0v) is 29.3. The van der Waals surface area contributed by atoms with Gasteiger partial charge in [-0.05, 0) is 108 Å². The Balaban J connectivity index is 1.18. The van der Waals surface area contributed by atoms with Crippen LogP contribution in [-0.2, 0) is 5.41 Å². The van der Waals surface area contributed by atoms with Crippen molar-refractivity contribution in [3.63, 3.8) is 0 Å². The average Bonchev–Trinajstić information content (AvgIpc) is 3.45. The highest BCUT2D eigenvalue weighted by Crippen LogP contribution is 2.56. The van der Waals surface area contributed by atoms with E-state index in [1.54, 1.807) is 0 Å². The summed E-state index contributed by atoms with van der Waals surface area (Å²) in [4.78, 5) is 2.47. The zero-order chi connectivity index (χ0) is 34.8. The van der Waals surface area contributed by atoms with Crippen molar-refractivity contribution in [2.75, 3.05) is 4.90 Å². The molecule has 246 valence electrons. The summed E-state index contributed by atoms with van der Waals surface area (Å²) in [7, 11) is 0. The second-order valence-corrected chi connectivity index (χ2v) is 14.6. The van der Waals surface area contributed by atoms with Gasteiger partial charge in [-0.15, -0.1) is 0 Å². The highest BCUT2D eigenvalue weighted by molar-refractivity contribution is 6.06. The Morgan fingerprint density at radius 3 is 1.71 bits per heavy atom. The standard InChI is InChI=1S/C51H37N/c1-51(2)47-21-10-9-19-46(47)49-48(33-40-15-6-8-18-45(40)50(49)51)52(41-28-24-35(25-29-41)39-23-22-34-12-3-4-14-38(34)32-39)42-30-26-37(27-31-42)44-20-11-16-36-13-5-7-17-43(36)44/h3-33H,1-2H3. The molecule has 1 aliphatic carbocycles. The second kappa shape index (κ2) is 11.8. The van der Waals surface area contributed by atoms with E-state index in [-0.39, 0.29) is 5.41 Å². The minimum absolute atomic E-state index is 0.147. The van der Waals surface area contributed by atoms with Crippen molar-refractivity contribution >= 4 is 49.4 Å². The maximum Gasteiger partial charge on any atom is 0.0549 e. The highest BCUT2D eigenvalue weighted by Gasteiger charge is 2.39. The SMILES string of the molecule is CC1(C)c2ccccc2-c2c(N(c3ccc(-c4ccc5ccccc5c4)cc3)c3ccc(-c4cccc5ccccc45)cc3)cc3ccccc3c21. The predicted octanol–water partition coefficient (Wildman–Crippen LogP) is 14.3. The molecule has 1 heteroatoms. The number of nitrogens with zero attached hydrogens (tertiary/aromatic N) is 1. The number of hydrogen-bond acceptors (Lipinski definition) is 1. The van der Waals surface area contributed by atoms with Crippen molar-refractivity contribution in [1.29, 1.82) is 0 Å². The Kier molecular flexibility index (Phi) is 6.91. The molecule has 0 aromatic heterocycles. The van der Waals surface area contributed by atoms with Gasteiger partial charge in [0.05, 0.1) is 5.69 Å². The van der Waals surface area contributed by atoms with Crippen molar-refractivity contribution in [1.82, 2.24) is 0 Å². The number of hydrogen-bond donors (Lipinski definition) is 0. The Labute approximate surface area is 305 Å². The van der Waals surface area contributed by atoms with E-state index >= 15 is 0 Å².